The summed E-state index contributed by atoms with van der Waals surface area (Å²) >= 11 is 6.08. The second kappa shape index (κ2) is 6.45. The zero-order valence-corrected chi connectivity index (χ0v) is 15.4. The molecule has 130 valence electrons. The Balaban J connectivity index is 2.03. The van der Waals surface area contributed by atoms with Gasteiger partial charge in [-0.2, -0.15) is 5.10 Å². The van der Waals surface area contributed by atoms with Crippen molar-refractivity contribution in [1.29, 1.82) is 0 Å². The van der Waals surface area contributed by atoms with Gasteiger partial charge in [-0.25, -0.2) is 23.1 Å². The molecule has 0 bridgehead atoms. The number of hydrogen-bond donors (Lipinski definition) is 1. The Morgan fingerprint density at radius 3 is 2.44 bits per heavy atom. The Hall–Kier alpha value is -2.45. The van der Waals surface area contributed by atoms with Crippen molar-refractivity contribution in [2.45, 2.75) is 18.7 Å². The summed E-state index contributed by atoms with van der Waals surface area (Å²) < 4.78 is 28.6. The molecule has 0 atom stereocenters. The van der Waals surface area contributed by atoms with Crippen LogP contribution >= 0.6 is 11.6 Å². The molecule has 1 aromatic carbocycles. The van der Waals surface area contributed by atoms with Crippen LogP contribution in [-0.4, -0.2) is 28.2 Å². The Morgan fingerprint density at radius 1 is 1.16 bits per heavy atom. The quantitative estimate of drug-likeness (QED) is 0.706. The topological polar surface area (TPSA) is 89.8 Å². The van der Waals surface area contributed by atoms with Crippen LogP contribution in [0.15, 0.2) is 41.6 Å². The molecule has 2 heterocycles. The Morgan fingerprint density at radius 2 is 1.84 bits per heavy atom. The van der Waals surface area contributed by atoms with E-state index in [1.807, 2.05) is 32.0 Å². The van der Waals surface area contributed by atoms with Gasteiger partial charge in [0.15, 0.2) is 0 Å². The molecule has 9 heteroatoms. The van der Waals surface area contributed by atoms with Gasteiger partial charge in [0.25, 0.3) is 10.0 Å². The van der Waals surface area contributed by atoms with Crippen LogP contribution in [0.2, 0.25) is 5.15 Å². The highest BCUT2D eigenvalue weighted by Gasteiger charge is 2.19. The van der Waals surface area contributed by atoms with E-state index < -0.39 is 10.0 Å². The van der Waals surface area contributed by atoms with Crippen LogP contribution in [0.5, 0.6) is 0 Å². The summed E-state index contributed by atoms with van der Waals surface area (Å²) in [5, 5.41) is 4.01. The number of aromatic nitrogens is 4. The van der Waals surface area contributed by atoms with E-state index in [0.29, 0.717) is 5.69 Å². The van der Waals surface area contributed by atoms with E-state index in [1.54, 1.807) is 13.1 Å². The van der Waals surface area contributed by atoms with Crippen molar-refractivity contribution in [3.63, 3.8) is 0 Å². The van der Waals surface area contributed by atoms with Crippen LogP contribution in [0, 0.1) is 13.8 Å². The van der Waals surface area contributed by atoms with Gasteiger partial charge in [0.05, 0.1) is 11.9 Å². The number of halogens is 1. The van der Waals surface area contributed by atoms with Crippen molar-refractivity contribution in [2.75, 3.05) is 4.72 Å². The fourth-order valence-corrected chi connectivity index (χ4v) is 3.64. The minimum absolute atomic E-state index is 0.0206. The highest BCUT2D eigenvalue weighted by atomic mass is 35.5. The normalized spacial score (nSPS) is 11.5. The van der Waals surface area contributed by atoms with Crippen LogP contribution in [0.1, 0.15) is 11.1 Å². The lowest BCUT2D eigenvalue weighted by Crippen LogP contribution is -2.15. The van der Waals surface area contributed by atoms with Gasteiger partial charge in [0.1, 0.15) is 10.0 Å². The minimum atomic E-state index is -3.85. The van der Waals surface area contributed by atoms with Crippen molar-refractivity contribution < 1.29 is 8.42 Å². The molecule has 0 spiro atoms. The summed E-state index contributed by atoms with van der Waals surface area (Å²) in [6.45, 7) is 3.91. The fourth-order valence-electron chi connectivity index (χ4n) is 2.53. The third kappa shape index (κ3) is 3.64. The van der Waals surface area contributed by atoms with Crippen molar-refractivity contribution in [2.24, 2.45) is 7.05 Å². The molecule has 0 saturated heterocycles. The molecule has 0 aliphatic carbocycles. The monoisotopic (exact) mass is 377 g/mol. The molecule has 0 aliphatic rings. The number of aryl methyl sites for hydroxylation is 3. The molecule has 25 heavy (non-hydrogen) atoms. The van der Waals surface area contributed by atoms with Crippen LogP contribution in [0.25, 0.3) is 11.3 Å². The highest BCUT2D eigenvalue weighted by molar-refractivity contribution is 7.92. The zero-order valence-electron chi connectivity index (χ0n) is 13.9. The first-order valence-electron chi connectivity index (χ1n) is 7.39. The summed E-state index contributed by atoms with van der Waals surface area (Å²) in [7, 11) is -2.21. The van der Waals surface area contributed by atoms with E-state index >= 15 is 0 Å². The van der Waals surface area contributed by atoms with E-state index in [-0.39, 0.29) is 16.0 Å². The molecule has 3 aromatic rings. The van der Waals surface area contributed by atoms with Gasteiger partial charge >= 0.3 is 0 Å². The van der Waals surface area contributed by atoms with E-state index in [1.165, 1.54) is 17.1 Å². The lowest BCUT2D eigenvalue weighted by Gasteiger charge is -2.11. The minimum Gasteiger partial charge on any atom is -0.274 e. The maximum absolute atomic E-state index is 12.4. The van der Waals surface area contributed by atoms with E-state index in [9.17, 15) is 8.42 Å². The van der Waals surface area contributed by atoms with Crippen molar-refractivity contribution in [3.05, 3.63) is 52.9 Å². The smallest absolute Gasteiger partial charge is 0.267 e. The van der Waals surface area contributed by atoms with Gasteiger partial charge < -0.3 is 0 Å². The SMILES string of the molecule is Cc1cccc(C)c1-c1cc(Cl)nc(NS(=O)(=O)c2cnn(C)c2)n1. The van der Waals surface area contributed by atoms with Crippen LogP contribution in [0.4, 0.5) is 5.95 Å². The molecule has 0 fully saturated rings. The van der Waals surface area contributed by atoms with Gasteiger partial charge in [0, 0.05) is 24.9 Å². The van der Waals surface area contributed by atoms with Crippen molar-refractivity contribution in [3.8, 4) is 11.3 Å². The first-order valence-corrected chi connectivity index (χ1v) is 9.25. The average molecular weight is 378 g/mol. The molecule has 1 N–H and O–H groups in total. The molecular weight excluding hydrogens is 362 g/mol. The highest BCUT2D eigenvalue weighted by Crippen LogP contribution is 2.28. The summed E-state index contributed by atoms with van der Waals surface area (Å²) in [6, 6.07) is 7.47. The Bertz CT molecular complexity index is 1030. The molecular formula is C16H16ClN5O2S. The molecule has 0 saturated carbocycles. The third-order valence-electron chi connectivity index (χ3n) is 3.65. The molecule has 0 aliphatic heterocycles. The molecule has 7 nitrogen and oxygen atoms in total. The molecule has 0 unspecified atom stereocenters. The van der Waals surface area contributed by atoms with Gasteiger partial charge in [0.2, 0.25) is 5.95 Å². The Kier molecular flexibility index (Phi) is 4.49. The number of sulfonamides is 1. The van der Waals surface area contributed by atoms with Crippen molar-refractivity contribution in [1.82, 2.24) is 19.7 Å². The number of benzene rings is 1. The molecule has 0 amide bonds. The number of nitrogens with one attached hydrogen (secondary N) is 1. The average Bonchev–Trinajstić information content (AvgIpc) is 2.93. The summed E-state index contributed by atoms with van der Waals surface area (Å²) in [4.78, 5) is 8.32. The first kappa shape index (κ1) is 17.4. The Labute approximate surface area is 150 Å². The van der Waals surface area contributed by atoms with Gasteiger partial charge in [-0.1, -0.05) is 29.8 Å². The van der Waals surface area contributed by atoms with Crippen LogP contribution < -0.4 is 4.72 Å². The third-order valence-corrected chi connectivity index (χ3v) is 5.13. The molecule has 2 aromatic heterocycles. The fraction of sp³-hybridized carbons (Fsp3) is 0.188. The first-order chi connectivity index (χ1) is 11.8. The van der Waals surface area contributed by atoms with E-state index in [4.69, 9.17) is 11.6 Å². The second-order valence-corrected chi connectivity index (χ2v) is 7.69. The summed E-state index contributed by atoms with van der Waals surface area (Å²) in [6.07, 6.45) is 2.64. The van der Waals surface area contributed by atoms with E-state index in [0.717, 1.165) is 16.7 Å². The number of anilines is 1. The van der Waals surface area contributed by atoms with Gasteiger partial charge in [-0.15, -0.1) is 0 Å². The van der Waals surface area contributed by atoms with Crippen LogP contribution in [0.3, 0.4) is 0 Å². The summed E-state index contributed by atoms with van der Waals surface area (Å²) in [5.74, 6) is -0.0889. The number of hydrogen-bond acceptors (Lipinski definition) is 5. The maximum Gasteiger partial charge on any atom is 0.267 e. The lowest BCUT2D eigenvalue weighted by atomic mass is 10.00. The second-order valence-electron chi connectivity index (χ2n) is 5.62. The molecule has 0 radical (unpaired) electrons. The summed E-state index contributed by atoms with van der Waals surface area (Å²) in [5.41, 5.74) is 3.47. The predicted molar refractivity (Wildman–Crippen MR) is 96.0 cm³/mol. The lowest BCUT2D eigenvalue weighted by molar-refractivity contribution is 0.600. The van der Waals surface area contributed by atoms with Gasteiger partial charge in [-0.05, 0) is 25.0 Å². The van der Waals surface area contributed by atoms with E-state index in [2.05, 4.69) is 19.8 Å². The van der Waals surface area contributed by atoms with Crippen LogP contribution in [-0.2, 0) is 17.1 Å². The molecule has 3 rings (SSSR count). The number of rotatable bonds is 4. The maximum atomic E-state index is 12.4. The number of nitrogens with zero attached hydrogens (tertiary/aromatic N) is 4. The largest absolute Gasteiger partial charge is 0.274 e. The van der Waals surface area contributed by atoms with Crippen molar-refractivity contribution >= 4 is 27.6 Å². The standard InChI is InChI=1S/C16H16ClN5O2S/c1-10-5-4-6-11(2)15(10)13-7-14(17)20-16(19-13)21-25(23,24)12-8-18-22(3)9-12/h4-9H,1-3H3,(H,19,20,21). The zero-order chi connectivity index (χ0) is 18.2. The predicted octanol–water partition coefficient (Wildman–Crippen LogP) is 2.95. The van der Waals surface area contributed by atoms with Gasteiger partial charge in [-0.3, -0.25) is 4.68 Å².